The monoisotopic (exact) mass is 237 g/mol. The average molecular weight is 237 g/mol. The Balaban J connectivity index is 1.86. The largest absolute Gasteiger partial charge is 0.335 e. The highest BCUT2D eigenvalue weighted by molar-refractivity contribution is 5.90. The fourth-order valence-corrected chi connectivity index (χ4v) is 2.82. The number of carbonyl (C=O) groups is 2. The molecule has 0 N–H and O–H groups in total. The quantitative estimate of drug-likeness (QED) is 0.739. The molecule has 0 unspecified atom stereocenters. The van der Waals surface area contributed by atoms with Gasteiger partial charge >= 0.3 is 0 Å². The van der Waals surface area contributed by atoms with E-state index in [0.29, 0.717) is 18.9 Å². The van der Waals surface area contributed by atoms with Crippen LogP contribution in [0, 0.1) is 11.3 Å². The highest BCUT2D eigenvalue weighted by Gasteiger charge is 2.35. The molecule has 0 radical (unpaired) electrons. The summed E-state index contributed by atoms with van der Waals surface area (Å²) in [6, 6.07) is 0. The van der Waals surface area contributed by atoms with Crippen molar-refractivity contribution in [1.29, 1.82) is 0 Å². The van der Waals surface area contributed by atoms with E-state index in [9.17, 15) is 9.59 Å². The summed E-state index contributed by atoms with van der Waals surface area (Å²) in [5, 5.41) is 0. The van der Waals surface area contributed by atoms with E-state index < -0.39 is 0 Å². The first-order valence-corrected chi connectivity index (χ1v) is 6.80. The summed E-state index contributed by atoms with van der Waals surface area (Å²) in [6.07, 6.45) is 6.39. The van der Waals surface area contributed by atoms with E-state index in [1.54, 1.807) is 4.90 Å². The van der Waals surface area contributed by atoms with Gasteiger partial charge in [0.1, 0.15) is 0 Å². The Kier molecular flexibility index (Phi) is 3.55. The van der Waals surface area contributed by atoms with Crippen LogP contribution in [0.25, 0.3) is 0 Å². The second-order valence-electron chi connectivity index (χ2n) is 6.23. The highest BCUT2D eigenvalue weighted by Crippen LogP contribution is 2.30. The number of rotatable bonds is 2. The van der Waals surface area contributed by atoms with Gasteiger partial charge in [-0.05, 0) is 25.2 Å². The van der Waals surface area contributed by atoms with Crippen LogP contribution in [0.1, 0.15) is 52.4 Å². The molecular formula is C14H23NO2. The number of hydrogen-bond donors (Lipinski definition) is 0. The zero-order valence-corrected chi connectivity index (χ0v) is 11.0. The van der Waals surface area contributed by atoms with Gasteiger partial charge in [-0.25, -0.2) is 0 Å². The van der Waals surface area contributed by atoms with Crippen LogP contribution in [-0.2, 0) is 9.59 Å². The van der Waals surface area contributed by atoms with Gasteiger partial charge in [-0.2, -0.15) is 0 Å². The topological polar surface area (TPSA) is 37.4 Å². The molecular weight excluding hydrogens is 214 g/mol. The van der Waals surface area contributed by atoms with Crippen molar-refractivity contribution < 1.29 is 9.59 Å². The van der Waals surface area contributed by atoms with Crippen LogP contribution in [0.15, 0.2) is 0 Å². The standard InChI is InChI=1S/C14H23NO2/c1-14(2)7-8-15(10-12(14)16)13(17)9-11-5-3-4-6-11/h11H,3-10H2,1-2H3. The van der Waals surface area contributed by atoms with Gasteiger partial charge in [0, 0.05) is 18.4 Å². The number of Topliss-reactive ketones (excluding diaryl/α,β-unsaturated/α-hetero) is 1. The van der Waals surface area contributed by atoms with Gasteiger partial charge in [0.05, 0.1) is 6.54 Å². The zero-order chi connectivity index (χ0) is 12.5. The van der Waals surface area contributed by atoms with Gasteiger partial charge in [0.2, 0.25) is 5.91 Å². The summed E-state index contributed by atoms with van der Waals surface area (Å²) in [7, 11) is 0. The molecule has 17 heavy (non-hydrogen) atoms. The molecule has 2 aliphatic rings. The van der Waals surface area contributed by atoms with Crippen LogP contribution in [0.2, 0.25) is 0 Å². The third-order valence-electron chi connectivity index (χ3n) is 4.39. The number of nitrogens with zero attached hydrogens (tertiary/aromatic N) is 1. The van der Waals surface area contributed by atoms with Crippen LogP contribution in [-0.4, -0.2) is 29.7 Å². The Hall–Kier alpha value is -0.860. The first-order valence-electron chi connectivity index (χ1n) is 6.80. The van der Waals surface area contributed by atoms with Crippen molar-refractivity contribution in [1.82, 2.24) is 4.90 Å². The second-order valence-corrected chi connectivity index (χ2v) is 6.23. The minimum Gasteiger partial charge on any atom is -0.335 e. The molecule has 0 spiro atoms. The molecule has 0 aromatic rings. The van der Waals surface area contributed by atoms with Crippen molar-refractivity contribution in [2.75, 3.05) is 13.1 Å². The first-order chi connectivity index (χ1) is 7.99. The molecule has 1 saturated carbocycles. The minimum absolute atomic E-state index is 0.195. The zero-order valence-electron chi connectivity index (χ0n) is 11.0. The lowest BCUT2D eigenvalue weighted by molar-refractivity contribution is -0.143. The number of carbonyl (C=O) groups excluding carboxylic acids is 2. The molecule has 3 heteroatoms. The summed E-state index contributed by atoms with van der Waals surface area (Å²) in [5.74, 6) is 0.983. The van der Waals surface area contributed by atoms with Crippen molar-refractivity contribution in [2.45, 2.75) is 52.4 Å². The molecule has 96 valence electrons. The molecule has 0 aromatic heterocycles. The van der Waals surface area contributed by atoms with Crippen molar-refractivity contribution >= 4 is 11.7 Å². The molecule has 0 aromatic carbocycles. The minimum atomic E-state index is -0.232. The maximum Gasteiger partial charge on any atom is 0.223 e. The van der Waals surface area contributed by atoms with Crippen LogP contribution in [0.5, 0.6) is 0 Å². The van der Waals surface area contributed by atoms with E-state index in [2.05, 4.69) is 0 Å². The highest BCUT2D eigenvalue weighted by atomic mass is 16.2. The van der Waals surface area contributed by atoms with Crippen LogP contribution in [0.4, 0.5) is 0 Å². The molecule has 1 aliphatic heterocycles. The van der Waals surface area contributed by atoms with Gasteiger partial charge in [0.25, 0.3) is 0 Å². The van der Waals surface area contributed by atoms with E-state index in [1.165, 1.54) is 25.7 Å². The summed E-state index contributed by atoms with van der Waals surface area (Å²) in [4.78, 5) is 25.7. The van der Waals surface area contributed by atoms with Crippen molar-refractivity contribution in [3.63, 3.8) is 0 Å². The summed E-state index contributed by atoms with van der Waals surface area (Å²) >= 11 is 0. The number of likely N-dealkylation sites (tertiary alicyclic amines) is 1. The summed E-state index contributed by atoms with van der Waals surface area (Å²) in [5.41, 5.74) is -0.232. The summed E-state index contributed by atoms with van der Waals surface area (Å²) in [6.45, 7) is 5.05. The SMILES string of the molecule is CC1(C)CCN(C(=O)CC2CCCC2)CC1=O. The van der Waals surface area contributed by atoms with E-state index in [4.69, 9.17) is 0 Å². The third kappa shape index (κ3) is 2.88. The maximum absolute atomic E-state index is 12.1. The predicted molar refractivity (Wildman–Crippen MR) is 66.6 cm³/mol. The van der Waals surface area contributed by atoms with Crippen molar-refractivity contribution in [3.05, 3.63) is 0 Å². The molecule has 2 rings (SSSR count). The van der Waals surface area contributed by atoms with Crippen molar-refractivity contribution in [3.8, 4) is 0 Å². The lowest BCUT2D eigenvalue weighted by atomic mass is 9.81. The average Bonchev–Trinajstić information content (AvgIpc) is 2.74. The Morgan fingerprint density at radius 3 is 2.59 bits per heavy atom. The van der Waals surface area contributed by atoms with E-state index in [-0.39, 0.29) is 17.1 Å². The lowest BCUT2D eigenvalue weighted by Crippen LogP contribution is -2.48. The number of hydrogen-bond acceptors (Lipinski definition) is 2. The van der Waals surface area contributed by atoms with Gasteiger partial charge in [-0.15, -0.1) is 0 Å². The Labute approximate surface area is 104 Å². The predicted octanol–water partition coefficient (Wildman–Crippen LogP) is 2.39. The Morgan fingerprint density at radius 1 is 1.35 bits per heavy atom. The van der Waals surface area contributed by atoms with Gasteiger partial charge < -0.3 is 4.90 Å². The molecule has 1 aliphatic carbocycles. The smallest absolute Gasteiger partial charge is 0.223 e. The first kappa shape index (κ1) is 12.6. The van der Waals surface area contributed by atoms with E-state index >= 15 is 0 Å². The summed E-state index contributed by atoms with van der Waals surface area (Å²) < 4.78 is 0. The van der Waals surface area contributed by atoms with Crippen LogP contribution >= 0.6 is 0 Å². The number of piperidine rings is 1. The number of ketones is 1. The molecule has 1 saturated heterocycles. The third-order valence-corrected chi connectivity index (χ3v) is 4.39. The maximum atomic E-state index is 12.1. The Bertz CT molecular complexity index is 316. The molecule has 2 fully saturated rings. The molecule has 1 amide bonds. The number of amides is 1. The molecule has 0 atom stereocenters. The van der Waals surface area contributed by atoms with Crippen molar-refractivity contribution in [2.24, 2.45) is 11.3 Å². The van der Waals surface area contributed by atoms with Crippen LogP contribution in [0.3, 0.4) is 0 Å². The lowest BCUT2D eigenvalue weighted by Gasteiger charge is -2.35. The second kappa shape index (κ2) is 4.79. The van der Waals surface area contributed by atoms with Gasteiger partial charge in [-0.1, -0.05) is 26.7 Å². The molecule has 3 nitrogen and oxygen atoms in total. The molecule has 1 heterocycles. The fourth-order valence-electron chi connectivity index (χ4n) is 2.82. The molecule has 0 bridgehead atoms. The fraction of sp³-hybridized carbons (Fsp3) is 0.857. The van der Waals surface area contributed by atoms with Gasteiger partial charge in [0.15, 0.2) is 5.78 Å². The Morgan fingerprint density at radius 2 is 2.00 bits per heavy atom. The van der Waals surface area contributed by atoms with E-state index in [0.717, 1.165) is 13.0 Å². The van der Waals surface area contributed by atoms with Gasteiger partial charge in [-0.3, -0.25) is 9.59 Å². The van der Waals surface area contributed by atoms with Crippen LogP contribution < -0.4 is 0 Å². The van der Waals surface area contributed by atoms with E-state index in [1.807, 2.05) is 13.8 Å². The normalized spacial score (nSPS) is 25.3.